The molecule has 0 saturated carbocycles. The van der Waals surface area contributed by atoms with Gasteiger partial charge in [-0.05, 0) is 5.41 Å². The standard InChI is InChI=1S/C10H20N2O4/c1-10(2,3)6-12(4)9(16)11-7(5-13)8(14)15/h7,13H,5-6H2,1-4H3,(H,11,16)(H,14,15)/t7-/m0/s1. The zero-order valence-electron chi connectivity index (χ0n) is 10.1. The number of carboxylic acid groups (broad SMARTS) is 1. The van der Waals surface area contributed by atoms with Gasteiger partial charge in [-0.1, -0.05) is 20.8 Å². The van der Waals surface area contributed by atoms with Gasteiger partial charge in [0.25, 0.3) is 0 Å². The van der Waals surface area contributed by atoms with E-state index >= 15 is 0 Å². The molecule has 0 aromatic carbocycles. The number of aliphatic carboxylic acids is 1. The second kappa shape index (κ2) is 5.69. The van der Waals surface area contributed by atoms with Crippen molar-refractivity contribution in [2.75, 3.05) is 20.2 Å². The van der Waals surface area contributed by atoms with E-state index in [1.165, 1.54) is 4.90 Å². The van der Waals surface area contributed by atoms with Crippen LogP contribution in [0.5, 0.6) is 0 Å². The van der Waals surface area contributed by atoms with Crippen LogP contribution in [0.15, 0.2) is 0 Å². The molecule has 0 spiro atoms. The number of rotatable bonds is 4. The van der Waals surface area contributed by atoms with Gasteiger partial charge >= 0.3 is 12.0 Å². The number of carbonyl (C=O) groups is 2. The highest BCUT2D eigenvalue weighted by atomic mass is 16.4. The van der Waals surface area contributed by atoms with Gasteiger partial charge in [0.05, 0.1) is 6.61 Å². The van der Waals surface area contributed by atoms with Gasteiger partial charge in [-0.3, -0.25) is 0 Å². The van der Waals surface area contributed by atoms with Crippen LogP contribution in [0.25, 0.3) is 0 Å². The molecule has 3 N–H and O–H groups in total. The molecule has 0 saturated heterocycles. The fourth-order valence-electron chi connectivity index (χ4n) is 1.23. The normalized spacial score (nSPS) is 13.1. The van der Waals surface area contributed by atoms with Crippen molar-refractivity contribution in [3.63, 3.8) is 0 Å². The molecule has 0 rings (SSSR count). The van der Waals surface area contributed by atoms with E-state index in [0.717, 1.165) is 0 Å². The summed E-state index contributed by atoms with van der Waals surface area (Å²) in [5.41, 5.74) is -0.0655. The van der Waals surface area contributed by atoms with Crippen molar-refractivity contribution in [3.05, 3.63) is 0 Å². The lowest BCUT2D eigenvalue weighted by molar-refractivity contribution is -0.140. The first-order valence-corrected chi connectivity index (χ1v) is 5.02. The lowest BCUT2D eigenvalue weighted by Crippen LogP contribution is -2.49. The predicted molar refractivity (Wildman–Crippen MR) is 59.1 cm³/mol. The molecule has 0 unspecified atom stereocenters. The molecule has 0 fully saturated rings. The summed E-state index contributed by atoms with van der Waals surface area (Å²) in [7, 11) is 1.58. The molecule has 16 heavy (non-hydrogen) atoms. The van der Waals surface area contributed by atoms with Crippen LogP contribution in [0.4, 0.5) is 4.79 Å². The van der Waals surface area contributed by atoms with Crippen molar-refractivity contribution in [2.45, 2.75) is 26.8 Å². The fraction of sp³-hybridized carbons (Fsp3) is 0.800. The molecular weight excluding hydrogens is 212 g/mol. The summed E-state index contributed by atoms with van der Waals surface area (Å²) < 4.78 is 0. The van der Waals surface area contributed by atoms with Gasteiger partial charge in [0, 0.05) is 13.6 Å². The fourth-order valence-corrected chi connectivity index (χ4v) is 1.23. The van der Waals surface area contributed by atoms with E-state index in [4.69, 9.17) is 10.2 Å². The van der Waals surface area contributed by atoms with Gasteiger partial charge in [0.15, 0.2) is 6.04 Å². The first-order chi connectivity index (χ1) is 7.17. The third kappa shape index (κ3) is 5.55. The number of urea groups is 1. The van der Waals surface area contributed by atoms with E-state index in [1.54, 1.807) is 7.05 Å². The minimum absolute atomic E-state index is 0.0655. The van der Waals surface area contributed by atoms with Gasteiger partial charge in [0.2, 0.25) is 0 Å². The van der Waals surface area contributed by atoms with Crippen molar-refractivity contribution in [1.82, 2.24) is 10.2 Å². The van der Waals surface area contributed by atoms with Crippen LogP contribution >= 0.6 is 0 Å². The monoisotopic (exact) mass is 232 g/mol. The predicted octanol–water partition coefficient (Wildman–Crippen LogP) is 0.119. The van der Waals surface area contributed by atoms with Gasteiger partial charge < -0.3 is 20.4 Å². The summed E-state index contributed by atoms with van der Waals surface area (Å²) >= 11 is 0. The zero-order valence-corrected chi connectivity index (χ0v) is 10.1. The quantitative estimate of drug-likeness (QED) is 0.642. The smallest absolute Gasteiger partial charge is 0.328 e. The van der Waals surface area contributed by atoms with Crippen LogP contribution in [0, 0.1) is 5.41 Å². The van der Waals surface area contributed by atoms with Crippen LogP contribution in [0.1, 0.15) is 20.8 Å². The maximum Gasteiger partial charge on any atom is 0.328 e. The highest BCUT2D eigenvalue weighted by molar-refractivity contribution is 5.82. The van der Waals surface area contributed by atoms with Crippen LogP contribution in [0.2, 0.25) is 0 Å². The molecule has 0 heterocycles. The van der Waals surface area contributed by atoms with Crippen molar-refractivity contribution in [1.29, 1.82) is 0 Å². The molecule has 0 aliphatic rings. The first-order valence-electron chi connectivity index (χ1n) is 5.02. The highest BCUT2D eigenvalue weighted by Gasteiger charge is 2.23. The Kier molecular flexibility index (Phi) is 5.23. The van der Waals surface area contributed by atoms with Gasteiger partial charge in [-0.15, -0.1) is 0 Å². The Balaban J connectivity index is 4.29. The Labute approximate surface area is 95.2 Å². The molecule has 6 nitrogen and oxygen atoms in total. The van der Waals surface area contributed by atoms with Crippen molar-refractivity contribution < 1.29 is 19.8 Å². The lowest BCUT2D eigenvalue weighted by Gasteiger charge is -2.27. The number of nitrogens with one attached hydrogen (secondary N) is 1. The lowest BCUT2D eigenvalue weighted by atomic mass is 9.96. The number of hydrogen-bond donors (Lipinski definition) is 3. The summed E-state index contributed by atoms with van der Waals surface area (Å²) in [5, 5.41) is 19.6. The van der Waals surface area contributed by atoms with E-state index in [2.05, 4.69) is 5.32 Å². The van der Waals surface area contributed by atoms with Gasteiger partial charge in [0.1, 0.15) is 0 Å². The minimum atomic E-state index is -1.25. The van der Waals surface area contributed by atoms with Crippen molar-refractivity contribution in [3.8, 4) is 0 Å². The Bertz CT molecular complexity index is 260. The molecule has 0 aliphatic carbocycles. The van der Waals surface area contributed by atoms with Crippen LogP contribution < -0.4 is 5.32 Å². The van der Waals surface area contributed by atoms with Crippen LogP contribution in [-0.4, -0.2) is 53.4 Å². The molecule has 2 amide bonds. The third-order valence-electron chi connectivity index (χ3n) is 1.84. The Morgan fingerprint density at radius 2 is 1.88 bits per heavy atom. The van der Waals surface area contributed by atoms with Crippen LogP contribution in [-0.2, 0) is 4.79 Å². The molecule has 0 aromatic heterocycles. The molecule has 1 atom stereocenters. The van der Waals surface area contributed by atoms with E-state index in [-0.39, 0.29) is 5.41 Å². The third-order valence-corrected chi connectivity index (χ3v) is 1.84. The van der Waals surface area contributed by atoms with Crippen LogP contribution in [0.3, 0.4) is 0 Å². The minimum Gasteiger partial charge on any atom is -0.480 e. The van der Waals surface area contributed by atoms with Crippen molar-refractivity contribution >= 4 is 12.0 Å². The molecule has 0 aromatic rings. The van der Waals surface area contributed by atoms with Gasteiger partial charge in [-0.2, -0.15) is 0 Å². The van der Waals surface area contributed by atoms with E-state index < -0.39 is 24.6 Å². The Morgan fingerprint density at radius 3 is 2.19 bits per heavy atom. The molecule has 94 valence electrons. The van der Waals surface area contributed by atoms with Gasteiger partial charge in [-0.25, -0.2) is 9.59 Å². The van der Waals surface area contributed by atoms with E-state index in [0.29, 0.717) is 6.54 Å². The summed E-state index contributed by atoms with van der Waals surface area (Å²) in [6, 6.07) is -1.76. The summed E-state index contributed by atoms with van der Waals surface area (Å²) in [6.07, 6.45) is 0. The second-order valence-corrected chi connectivity index (χ2v) is 4.94. The average molecular weight is 232 g/mol. The second-order valence-electron chi connectivity index (χ2n) is 4.94. The summed E-state index contributed by atoms with van der Waals surface area (Å²) in [4.78, 5) is 23.5. The molecular formula is C10H20N2O4. The summed E-state index contributed by atoms with van der Waals surface area (Å²) in [6.45, 7) is 5.79. The largest absolute Gasteiger partial charge is 0.480 e. The maximum absolute atomic E-state index is 11.5. The number of carbonyl (C=O) groups excluding carboxylic acids is 1. The number of aliphatic hydroxyl groups is 1. The molecule has 0 aliphatic heterocycles. The highest BCUT2D eigenvalue weighted by Crippen LogP contribution is 2.13. The van der Waals surface area contributed by atoms with Crippen molar-refractivity contribution in [2.24, 2.45) is 5.41 Å². The molecule has 6 heteroatoms. The summed E-state index contributed by atoms with van der Waals surface area (Å²) in [5.74, 6) is -1.25. The number of amides is 2. The topological polar surface area (TPSA) is 89.9 Å². The Hall–Kier alpha value is -1.30. The number of aliphatic hydroxyl groups excluding tert-OH is 1. The van der Waals surface area contributed by atoms with E-state index in [9.17, 15) is 9.59 Å². The number of carboxylic acids is 1. The maximum atomic E-state index is 11.5. The Morgan fingerprint density at radius 1 is 1.38 bits per heavy atom. The average Bonchev–Trinajstić information content (AvgIpc) is 2.10. The zero-order chi connectivity index (χ0) is 12.9. The molecule has 0 bridgehead atoms. The van der Waals surface area contributed by atoms with E-state index in [1.807, 2.05) is 20.8 Å². The molecule has 0 radical (unpaired) electrons. The SMILES string of the molecule is CN(CC(C)(C)C)C(=O)N[C@@H](CO)C(=O)O. The first kappa shape index (κ1) is 14.7. The number of hydrogen-bond acceptors (Lipinski definition) is 3. The number of nitrogens with zero attached hydrogens (tertiary/aromatic N) is 1.